The van der Waals surface area contributed by atoms with Crippen molar-refractivity contribution in [1.29, 1.82) is 0 Å². The normalized spacial score (nSPS) is 23.8. The monoisotopic (exact) mass is 396 g/mol. The maximum Gasteiger partial charge on any atom is 0.190 e. The van der Waals surface area contributed by atoms with E-state index in [0.29, 0.717) is 5.54 Å². The van der Waals surface area contributed by atoms with Crippen molar-refractivity contribution >= 4 is 29.9 Å². The fourth-order valence-electron chi connectivity index (χ4n) is 3.38. The lowest BCUT2D eigenvalue weighted by molar-refractivity contribution is -0.0352. The molecule has 1 saturated carbocycles. The molecule has 1 heterocycles. The summed E-state index contributed by atoms with van der Waals surface area (Å²) in [5.41, 5.74) is 0.300. The summed E-state index contributed by atoms with van der Waals surface area (Å²) in [6.07, 6.45) is 6.66. The zero-order chi connectivity index (χ0) is 13.6. The zero-order valence-electron chi connectivity index (χ0n) is 12.8. The largest absolute Gasteiger partial charge is 0.379 e. The van der Waals surface area contributed by atoms with E-state index in [1.54, 1.807) is 0 Å². The van der Waals surface area contributed by atoms with Gasteiger partial charge in [0, 0.05) is 39.3 Å². The first-order valence-corrected chi connectivity index (χ1v) is 7.52. The fourth-order valence-corrected chi connectivity index (χ4v) is 3.38. The van der Waals surface area contributed by atoms with Crippen LogP contribution in [-0.2, 0) is 4.74 Å². The lowest BCUT2D eigenvalue weighted by Crippen LogP contribution is -2.60. The summed E-state index contributed by atoms with van der Waals surface area (Å²) >= 11 is 0. The fraction of sp³-hybridized carbons (Fsp3) is 0.929. The van der Waals surface area contributed by atoms with Gasteiger partial charge in [-0.1, -0.05) is 19.3 Å². The first kappa shape index (κ1) is 18.0. The van der Waals surface area contributed by atoms with E-state index in [9.17, 15) is 0 Å². The van der Waals surface area contributed by atoms with E-state index >= 15 is 0 Å². The summed E-state index contributed by atoms with van der Waals surface area (Å²) in [5.74, 6) is 0.887. The van der Waals surface area contributed by atoms with Crippen LogP contribution < -0.4 is 10.6 Å². The van der Waals surface area contributed by atoms with Gasteiger partial charge in [0.25, 0.3) is 0 Å². The molecule has 0 aromatic heterocycles. The highest BCUT2D eigenvalue weighted by atomic mass is 127. The van der Waals surface area contributed by atoms with Gasteiger partial charge in [-0.25, -0.2) is 0 Å². The number of hydrogen-bond acceptors (Lipinski definition) is 3. The minimum Gasteiger partial charge on any atom is -0.379 e. The third kappa shape index (κ3) is 4.46. The van der Waals surface area contributed by atoms with Gasteiger partial charge < -0.3 is 15.4 Å². The Kier molecular flexibility index (Phi) is 8.13. The molecule has 2 fully saturated rings. The van der Waals surface area contributed by atoms with Crippen molar-refractivity contribution < 1.29 is 4.74 Å². The Labute approximate surface area is 139 Å². The van der Waals surface area contributed by atoms with Crippen molar-refractivity contribution in [2.45, 2.75) is 37.6 Å². The zero-order valence-corrected chi connectivity index (χ0v) is 15.1. The summed E-state index contributed by atoms with van der Waals surface area (Å²) in [4.78, 5) is 6.86. The highest BCUT2D eigenvalue weighted by Crippen LogP contribution is 2.33. The highest BCUT2D eigenvalue weighted by molar-refractivity contribution is 14.0. The molecular formula is C14H29IN4O. The molecule has 0 radical (unpaired) electrons. The smallest absolute Gasteiger partial charge is 0.190 e. The summed E-state index contributed by atoms with van der Waals surface area (Å²) in [7, 11) is 3.73. The van der Waals surface area contributed by atoms with Crippen molar-refractivity contribution in [2.24, 2.45) is 4.99 Å². The Bertz CT molecular complexity index is 300. The van der Waals surface area contributed by atoms with Gasteiger partial charge in [0.05, 0.1) is 13.2 Å². The van der Waals surface area contributed by atoms with E-state index in [0.717, 1.165) is 38.8 Å². The van der Waals surface area contributed by atoms with E-state index in [2.05, 4.69) is 20.5 Å². The van der Waals surface area contributed by atoms with Gasteiger partial charge in [-0.3, -0.25) is 9.89 Å². The predicted octanol–water partition coefficient (Wildman–Crippen LogP) is 1.43. The van der Waals surface area contributed by atoms with Crippen LogP contribution in [0.5, 0.6) is 0 Å². The molecule has 1 aliphatic heterocycles. The number of hydrogen-bond donors (Lipinski definition) is 2. The summed E-state index contributed by atoms with van der Waals surface area (Å²) in [5, 5.41) is 6.59. The molecule has 0 spiro atoms. The van der Waals surface area contributed by atoms with E-state index in [-0.39, 0.29) is 24.0 Å². The Morgan fingerprint density at radius 1 is 1.20 bits per heavy atom. The van der Waals surface area contributed by atoms with Gasteiger partial charge >= 0.3 is 0 Å². The molecule has 2 N–H and O–H groups in total. The molecule has 0 aromatic carbocycles. The first-order valence-electron chi connectivity index (χ1n) is 7.52. The predicted molar refractivity (Wildman–Crippen MR) is 94.0 cm³/mol. The molecule has 118 valence electrons. The molecule has 0 atom stereocenters. The van der Waals surface area contributed by atoms with Crippen LogP contribution in [0.3, 0.4) is 0 Å². The van der Waals surface area contributed by atoms with Crippen LogP contribution in [0.2, 0.25) is 0 Å². The van der Waals surface area contributed by atoms with E-state index in [4.69, 9.17) is 4.74 Å². The first-order chi connectivity index (χ1) is 9.30. The minimum atomic E-state index is 0. The third-order valence-corrected chi connectivity index (χ3v) is 4.51. The molecule has 0 aromatic rings. The maximum absolute atomic E-state index is 5.51. The van der Waals surface area contributed by atoms with Crippen molar-refractivity contribution in [3.63, 3.8) is 0 Å². The van der Waals surface area contributed by atoms with E-state index in [1.165, 1.54) is 32.1 Å². The molecule has 2 rings (SSSR count). The standard InChI is InChI=1S/C14H28N4O.HI/c1-15-13(16-2)17-12-14(6-4-3-5-7-14)18-8-10-19-11-9-18;/h3-12H2,1-2H3,(H2,15,16,17);1H. The summed E-state index contributed by atoms with van der Waals surface area (Å²) < 4.78 is 5.51. The van der Waals surface area contributed by atoms with E-state index in [1.807, 2.05) is 14.1 Å². The van der Waals surface area contributed by atoms with Crippen LogP contribution in [0.25, 0.3) is 0 Å². The van der Waals surface area contributed by atoms with Crippen LogP contribution in [0.15, 0.2) is 4.99 Å². The molecule has 2 aliphatic rings. The summed E-state index contributed by atoms with van der Waals surface area (Å²) in [6.45, 7) is 4.88. The van der Waals surface area contributed by atoms with Crippen LogP contribution in [0, 0.1) is 0 Å². The van der Waals surface area contributed by atoms with Gasteiger partial charge in [-0.2, -0.15) is 0 Å². The van der Waals surface area contributed by atoms with Gasteiger partial charge in [0.2, 0.25) is 0 Å². The Morgan fingerprint density at radius 3 is 2.40 bits per heavy atom. The Balaban J connectivity index is 0.00000200. The van der Waals surface area contributed by atoms with Crippen LogP contribution in [0.1, 0.15) is 32.1 Å². The molecule has 0 amide bonds. The van der Waals surface area contributed by atoms with Crippen LogP contribution in [0.4, 0.5) is 0 Å². The number of nitrogens with one attached hydrogen (secondary N) is 2. The van der Waals surface area contributed by atoms with Gasteiger partial charge in [0.1, 0.15) is 0 Å². The second-order valence-electron chi connectivity index (χ2n) is 5.56. The highest BCUT2D eigenvalue weighted by Gasteiger charge is 2.38. The number of ether oxygens (including phenoxy) is 1. The van der Waals surface area contributed by atoms with Gasteiger partial charge in [-0.05, 0) is 12.8 Å². The molecule has 1 saturated heterocycles. The molecule has 0 bridgehead atoms. The molecule has 5 nitrogen and oxygen atoms in total. The summed E-state index contributed by atoms with van der Waals surface area (Å²) in [6, 6.07) is 0. The molecule has 0 unspecified atom stereocenters. The lowest BCUT2D eigenvalue weighted by atomic mass is 9.80. The second kappa shape index (κ2) is 9.04. The molecule has 20 heavy (non-hydrogen) atoms. The van der Waals surface area contributed by atoms with Crippen molar-refractivity contribution in [3.05, 3.63) is 0 Å². The number of nitrogens with zero attached hydrogens (tertiary/aromatic N) is 2. The molecule has 1 aliphatic carbocycles. The number of guanidine groups is 1. The van der Waals surface area contributed by atoms with Crippen molar-refractivity contribution in [2.75, 3.05) is 46.9 Å². The molecule has 6 heteroatoms. The molecular weight excluding hydrogens is 367 g/mol. The lowest BCUT2D eigenvalue weighted by Gasteiger charge is -2.48. The van der Waals surface area contributed by atoms with Crippen LogP contribution >= 0.6 is 24.0 Å². The van der Waals surface area contributed by atoms with Crippen molar-refractivity contribution in [1.82, 2.24) is 15.5 Å². The number of aliphatic imine (C=N–C) groups is 1. The van der Waals surface area contributed by atoms with Crippen LogP contribution in [-0.4, -0.2) is 63.3 Å². The second-order valence-corrected chi connectivity index (χ2v) is 5.56. The maximum atomic E-state index is 5.51. The number of morpholine rings is 1. The number of halogens is 1. The SMILES string of the molecule is CN=C(NC)NCC1(N2CCOCC2)CCCCC1.I. The number of rotatable bonds is 3. The van der Waals surface area contributed by atoms with Crippen molar-refractivity contribution in [3.8, 4) is 0 Å². The minimum absolute atomic E-state index is 0. The van der Waals surface area contributed by atoms with Gasteiger partial charge in [0.15, 0.2) is 5.96 Å². The Hall–Kier alpha value is -0.0800. The third-order valence-electron chi connectivity index (χ3n) is 4.51. The Morgan fingerprint density at radius 2 is 1.85 bits per heavy atom. The van der Waals surface area contributed by atoms with Gasteiger partial charge in [-0.15, -0.1) is 24.0 Å². The average Bonchev–Trinajstić information content (AvgIpc) is 2.50. The average molecular weight is 396 g/mol. The quantitative estimate of drug-likeness (QED) is 0.431. The van der Waals surface area contributed by atoms with E-state index < -0.39 is 0 Å². The topological polar surface area (TPSA) is 48.9 Å².